The summed E-state index contributed by atoms with van der Waals surface area (Å²) in [5.41, 5.74) is -5.83. The van der Waals surface area contributed by atoms with Crippen molar-refractivity contribution in [2.75, 3.05) is 26.9 Å². The molecule has 6 saturated heterocycles. The lowest BCUT2D eigenvalue weighted by atomic mass is 9.90. The number of hydrogen-bond donors (Lipinski definition) is 13. The SMILES string of the molecule is C[C@H]1OC(=O)C(C2CCO2)N(C)C(=O)[C@H](C)[C@H](O)[C@H](Cc2c(F)c(F)c(F)c(F)c2F)NC(=O)[C@H]1NC(=O)c1ncccc1O.C[C@H]1OC(=O)C(C2CCO2)NC(=O)[C@H](C)[C@H](O)[C@H](Cc2c(F)c(F)c(F)c(F)c2F)NC(=O)[C@H]1NC(=O)c1ncccc1O.C[C@H]1OC(=O)C(C2CCO2)OC(=O)[C@H](C)[C@H](O)[C@H](Cc2c(F)c(F)c(F)c(F)c2F)NC(=O)[C@H]1NC(=O)c1ncccc1O. The number of aromatic hydroxyl groups is 3. The molecule has 3 aromatic carbocycles. The maximum atomic E-state index is 14.7. The van der Waals surface area contributed by atoms with E-state index in [0.717, 1.165) is 69.4 Å². The predicted molar refractivity (Wildman–Crippen MR) is 411 cm³/mol. The number of nitrogens with zero attached hydrogens (tertiary/aromatic N) is 4. The standard InChI is InChI=1S/C28H29F5N4O8.C27H27F5N4O8.C27H26F5N3O9/c1-10-24(39)13(9-12-16(29)18(31)20(33)19(32)17(12)30)35-25(40)21(36-26(41)22-14(38)5-4-7-34-22)11(2)45-28(43)23(15-6-8-44-15)37(3)27(10)42;1-9-23(38)12(8-11-15(28)17(30)19(32)18(31)16(11)29)34-25(40)20(35-26(41)21-13(37)4-3-6-33-21)10(2)44-27(42)22(36-24(9)39)14-5-7-43-14;1-9-22(37)12(8-11-15(28)17(30)19(32)18(31)16(11)29)34-24(38)20(35-25(39)21-13(36)4-3-6-33-21)10(2)43-27(41)23(44-26(9)40)14-5-7-42-14/h4-5,7,10-11,13,15,21,23-24,38-39H,6,8-9H2,1-3H3,(H,35,40)(H,36,41);3-4,6,9-10,12,14,20,22-23,37-38H,5,7-8H2,1-2H3,(H,34,40)(H,35,41)(H,36,39);3-4,6,9-10,12,14,20,22-23,36-37H,5,7-8H2,1-2H3,(H,34,38)(H,35,39)/t10-,11-,13+,15?,21+,23?,24+;9-,10-,12+,14?,20+,22?,23+;9-,10-,12+,14?,20+,22+,23?/m111/s1. The van der Waals surface area contributed by atoms with Gasteiger partial charge in [-0.2, -0.15) is 0 Å². The van der Waals surface area contributed by atoms with Crippen molar-refractivity contribution in [1.29, 1.82) is 0 Å². The van der Waals surface area contributed by atoms with Crippen LogP contribution in [0.25, 0.3) is 0 Å². The molecule has 6 aliphatic heterocycles. The summed E-state index contributed by atoms with van der Waals surface area (Å²) in [6.07, 6.45) is -14.5. The number of carbonyl (C=O) groups excluding carboxylic acids is 12. The number of rotatable bonds is 15. The number of aromatic nitrogens is 3. The van der Waals surface area contributed by atoms with E-state index in [4.69, 9.17) is 33.2 Å². The molecule has 0 spiro atoms. The van der Waals surface area contributed by atoms with Gasteiger partial charge < -0.3 is 106 Å². The molecule has 0 radical (unpaired) electrons. The second-order valence-electron chi connectivity index (χ2n) is 31.2. The first-order chi connectivity index (χ1) is 62.6. The van der Waals surface area contributed by atoms with E-state index in [1.165, 1.54) is 39.1 Å². The van der Waals surface area contributed by atoms with Crippen LogP contribution in [0.5, 0.6) is 17.2 Å². The first kappa shape index (κ1) is 102. The summed E-state index contributed by atoms with van der Waals surface area (Å²) in [5.74, 6) is -54.5. The van der Waals surface area contributed by atoms with E-state index in [1.807, 2.05) is 0 Å². The first-order valence-electron chi connectivity index (χ1n) is 40.1. The van der Waals surface area contributed by atoms with Crippen molar-refractivity contribution in [1.82, 2.24) is 57.1 Å². The van der Waals surface area contributed by atoms with Crippen LogP contribution in [-0.2, 0) is 95.6 Å². The number of carbonyl (C=O) groups is 12. The maximum Gasteiger partial charge on any atom is 0.350 e. The molecule has 6 aliphatic rings. The fourth-order valence-electron chi connectivity index (χ4n) is 14.3. The molecule has 9 heterocycles. The number of nitrogens with one attached hydrogen (secondary N) is 7. The van der Waals surface area contributed by atoms with E-state index in [0.29, 0.717) is 12.8 Å². The van der Waals surface area contributed by atoms with E-state index in [9.17, 15) is 154 Å². The van der Waals surface area contributed by atoms with E-state index >= 15 is 0 Å². The van der Waals surface area contributed by atoms with Gasteiger partial charge in [0, 0.05) is 87.8 Å². The van der Waals surface area contributed by atoms with Crippen molar-refractivity contribution >= 4 is 71.1 Å². The van der Waals surface area contributed by atoms with Gasteiger partial charge in [0.2, 0.25) is 53.1 Å². The van der Waals surface area contributed by atoms with Crippen molar-refractivity contribution in [3.8, 4) is 17.2 Å². The average Bonchev–Trinajstić information content (AvgIpc) is 0.776. The monoisotopic (exact) mass is 1910 g/mol. The van der Waals surface area contributed by atoms with Gasteiger partial charge in [-0.25, -0.2) is 95.2 Å². The van der Waals surface area contributed by atoms with Crippen LogP contribution >= 0.6 is 0 Å². The number of likely N-dealkylation sites (N-methyl/N-ethyl adjacent to an activating group) is 1. The molecule has 6 fully saturated rings. The Labute approximate surface area is 740 Å². The average molecular weight is 1910 g/mol. The minimum Gasteiger partial charge on any atom is -0.505 e. The molecule has 0 saturated carbocycles. The van der Waals surface area contributed by atoms with Crippen LogP contribution in [0, 0.1) is 105 Å². The predicted octanol–water partition coefficient (Wildman–Crippen LogP) is 2.34. The van der Waals surface area contributed by atoms with E-state index < -0.39 is 356 Å². The zero-order chi connectivity index (χ0) is 98.2. The van der Waals surface area contributed by atoms with Crippen LogP contribution in [0.4, 0.5) is 65.9 Å². The second kappa shape index (κ2) is 43.0. The Kier molecular flexibility index (Phi) is 33.0. The molecule has 12 rings (SSSR count). The van der Waals surface area contributed by atoms with Crippen LogP contribution in [0.2, 0.25) is 0 Å². The molecule has 720 valence electrons. The smallest absolute Gasteiger partial charge is 0.350 e. The Bertz CT molecular complexity index is 5190. The number of aliphatic hydroxyl groups is 3. The van der Waals surface area contributed by atoms with E-state index in [-0.39, 0.29) is 26.2 Å². The van der Waals surface area contributed by atoms with Crippen molar-refractivity contribution in [3.63, 3.8) is 0 Å². The summed E-state index contributed by atoms with van der Waals surface area (Å²) >= 11 is 0. The maximum absolute atomic E-state index is 14.7. The Balaban J connectivity index is 0.000000207. The first-order valence-corrected chi connectivity index (χ1v) is 40.1. The van der Waals surface area contributed by atoms with Gasteiger partial charge in [-0.05, 0) is 76.9 Å². The molecule has 0 bridgehead atoms. The van der Waals surface area contributed by atoms with Crippen molar-refractivity contribution in [3.05, 3.63) is 176 Å². The van der Waals surface area contributed by atoms with Gasteiger partial charge in [-0.1, -0.05) is 13.8 Å². The molecule has 6 unspecified atom stereocenters. The minimum atomic E-state index is -2.44. The Hall–Kier alpha value is -13.1. The molecular weight excluding hydrogens is 1820 g/mol. The zero-order valence-corrected chi connectivity index (χ0v) is 70.1. The summed E-state index contributed by atoms with van der Waals surface area (Å²) in [5, 5.41) is 79.0. The number of pyridine rings is 3. The summed E-state index contributed by atoms with van der Waals surface area (Å²) < 4.78 is 250. The lowest BCUT2D eigenvalue weighted by Gasteiger charge is -2.41. The molecule has 3 aromatic heterocycles. The number of benzene rings is 3. The minimum absolute atomic E-state index is 0.207. The Morgan fingerprint density at radius 3 is 0.985 bits per heavy atom. The van der Waals surface area contributed by atoms with Gasteiger partial charge in [-0.3, -0.25) is 43.2 Å². The van der Waals surface area contributed by atoms with Crippen LogP contribution in [-0.4, -0.2) is 258 Å². The summed E-state index contributed by atoms with van der Waals surface area (Å²) in [7, 11) is 1.20. The van der Waals surface area contributed by atoms with Gasteiger partial charge in [0.15, 0.2) is 99.0 Å². The highest BCUT2D eigenvalue weighted by molar-refractivity contribution is 6.01. The third-order valence-electron chi connectivity index (χ3n) is 22.4. The Morgan fingerprint density at radius 1 is 0.383 bits per heavy atom. The van der Waals surface area contributed by atoms with Crippen molar-refractivity contribution in [2.24, 2.45) is 17.8 Å². The molecule has 0 aliphatic carbocycles. The molecule has 36 nitrogen and oxygen atoms in total. The van der Waals surface area contributed by atoms with Crippen LogP contribution in [0.1, 0.15) is 109 Å². The topological polar surface area (TPSA) is 517 Å². The number of amides is 8. The molecule has 21 atom stereocenters. The van der Waals surface area contributed by atoms with Crippen LogP contribution in [0.3, 0.4) is 0 Å². The fourth-order valence-corrected chi connectivity index (χ4v) is 14.3. The lowest BCUT2D eigenvalue weighted by Crippen LogP contribution is -2.62. The molecule has 51 heteroatoms. The molecular formula is C82H82F15N11O25. The van der Waals surface area contributed by atoms with Crippen molar-refractivity contribution < 1.29 is 187 Å². The third-order valence-corrected chi connectivity index (χ3v) is 22.4. The van der Waals surface area contributed by atoms with E-state index in [1.54, 1.807) is 0 Å². The number of cyclic esters (lactones) is 4. The highest BCUT2D eigenvalue weighted by atomic mass is 19.2. The normalized spacial score (nSPS) is 28.0. The third kappa shape index (κ3) is 22.3. The van der Waals surface area contributed by atoms with Gasteiger partial charge in [0.1, 0.15) is 59.8 Å². The molecule has 13 N–H and O–H groups in total. The highest BCUT2D eigenvalue weighted by Gasteiger charge is 2.51. The van der Waals surface area contributed by atoms with Crippen molar-refractivity contribution in [2.45, 2.75) is 189 Å². The molecule has 6 aromatic rings. The fraction of sp³-hybridized carbons (Fsp3) is 0.451. The van der Waals surface area contributed by atoms with Gasteiger partial charge in [0.25, 0.3) is 17.7 Å². The number of halogens is 15. The largest absolute Gasteiger partial charge is 0.505 e. The summed E-state index contributed by atoms with van der Waals surface area (Å²) in [6.45, 7) is 7.55. The number of aliphatic hydroxyl groups excluding tert-OH is 3. The lowest BCUT2D eigenvalue weighted by molar-refractivity contribution is -0.198. The summed E-state index contributed by atoms with van der Waals surface area (Å²) in [4.78, 5) is 170. The Morgan fingerprint density at radius 2 is 0.677 bits per heavy atom. The number of esters is 4. The van der Waals surface area contributed by atoms with Gasteiger partial charge >= 0.3 is 23.9 Å². The second-order valence-corrected chi connectivity index (χ2v) is 31.2. The van der Waals surface area contributed by atoms with Gasteiger partial charge in [-0.15, -0.1) is 0 Å². The van der Waals surface area contributed by atoms with Crippen LogP contribution < -0.4 is 37.2 Å². The highest BCUT2D eigenvalue weighted by Crippen LogP contribution is 2.34. The summed E-state index contributed by atoms with van der Waals surface area (Å²) in [6, 6.07) is -6.85. The van der Waals surface area contributed by atoms with Crippen LogP contribution in [0.15, 0.2) is 55.0 Å². The van der Waals surface area contributed by atoms with E-state index in [2.05, 4.69) is 52.2 Å². The quantitative estimate of drug-likeness (QED) is 0.0231. The number of ether oxygens (including phenoxy) is 7. The number of hydrogen-bond acceptors (Lipinski definition) is 28. The zero-order valence-electron chi connectivity index (χ0n) is 70.1. The molecule has 8 amide bonds. The molecule has 133 heavy (non-hydrogen) atoms. The van der Waals surface area contributed by atoms with Gasteiger partial charge in [0.05, 0.1) is 66.4 Å².